The number of hydrogen-bond donors (Lipinski definition) is 7. The van der Waals surface area contributed by atoms with Crippen LogP contribution in [-0.2, 0) is 30.4 Å². The van der Waals surface area contributed by atoms with Crippen molar-refractivity contribution in [1.29, 1.82) is 0 Å². The molecule has 1 aromatic rings. The van der Waals surface area contributed by atoms with Crippen molar-refractivity contribution in [2.75, 3.05) is 6.54 Å². The van der Waals surface area contributed by atoms with Gasteiger partial charge >= 0.3 is 5.97 Å². The topological polar surface area (TPSA) is 232 Å². The molecule has 192 valence electrons. The number of carboxylic acids is 1. The molecule has 0 aliphatic rings. The van der Waals surface area contributed by atoms with Gasteiger partial charge in [0.2, 0.25) is 23.6 Å². The van der Waals surface area contributed by atoms with Gasteiger partial charge in [0.1, 0.15) is 18.1 Å². The smallest absolute Gasteiger partial charge is 0.303 e. The van der Waals surface area contributed by atoms with E-state index >= 15 is 0 Å². The van der Waals surface area contributed by atoms with Crippen molar-refractivity contribution in [2.24, 2.45) is 22.2 Å². The van der Waals surface area contributed by atoms with E-state index in [4.69, 9.17) is 22.3 Å². The maximum absolute atomic E-state index is 13.1. The summed E-state index contributed by atoms with van der Waals surface area (Å²) >= 11 is 0. The summed E-state index contributed by atoms with van der Waals surface area (Å²) in [5.74, 6) is -3.96. The molecule has 1 rings (SSSR count). The molecule has 0 spiro atoms. The van der Waals surface area contributed by atoms with Crippen LogP contribution in [0.15, 0.2) is 35.3 Å². The van der Waals surface area contributed by atoms with E-state index in [1.165, 1.54) is 6.92 Å². The van der Waals surface area contributed by atoms with E-state index in [1.54, 1.807) is 30.3 Å². The number of benzene rings is 1. The van der Waals surface area contributed by atoms with Crippen LogP contribution in [0.2, 0.25) is 0 Å². The van der Waals surface area contributed by atoms with E-state index in [9.17, 15) is 24.0 Å². The molecule has 35 heavy (non-hydrogen) atoms. The van der Waals surface area contributed by atoms with Crippen LogP contribution < -0.4 is 33.2 Å². The predicted molar refractivity (Wildman–Crippen MR) is 128 cm³/mol. The summed E-state index contributed by atoms with van der Waals surface area (Å²) in [6.07, 6.45) is 0.0600. The lowest BCUT2D eigenvalue weighted by atomic mass is 10.0. The number of aliphatic carboxylic acids is 1. The fourth-order valence-electron chi connectivity index (χ4n) is 3.17. The first-order chi connectivity index (χ1) is 16.5. The van der Waals surface area contributed by atoms with E-state index in [1.807, 2.05) is 0 Å². The number of carbonyl (C=O) groups is 5. The summed E-state index contributed by atoms with van der Waals surface area (Å²) < 4.78 is 0. The number of nitrogens with two attached hydrogens (primary N) is 3. The number of nitrogens with one attached hydrogen (secondary N) is 3. The number of primary amides is 1. The molecule has 0 aromatic heterocycles. The van der Waals surface area contributed by atoms with Gasteiger partial charge in [-0.1, -0.05) is 30.3 Å². The Morgan fingerprint density at radius 1 is 0.886 bits per heavy atom. The number of rotatable bonds is 15. The van der Waals surface area contributed by atoms with Crippen LogP contribution in [0.1, 0.15) is 38.2 Å². The van der Waals surface area contributed by atoms with Crippen molar-refractivity contribution < 1.29 is 29.1 Å². The fraction of sp³-hybridized carbons (Fsp3) is 0.455. The van der Waals surface area contributed by atoms with Gasteiger partial charge < -0.3 is 38.3 Å². The molecular weight excluding hydrogens is 458 g/mol. The van der Waals surface area contributed by atoms with Gasteiger partial charge in [-0.05, 0) is 24.8 Å². The van der Waals surface area contributed by atoms with Gasteiger partial charge in [-0.3, -0.25) is 29.0 Å². The van der Waals surface area contributed by atoms with Crippen molar-refractivity contribution in [3.8, 4) is 0 Å². The average molecular weight is 492 g/mol. The standard InChI is InChI=1S/C22H33N7O6/c1-13(30)27-16(9-10-18(31)32)20(34)29-17(12-14-6-3-2-4-7-14)21(35)28-15(19(23)33)8-5-11-26-22(24)25/h2-4,6-7,15-17H,5,8-12H2,1H3,(H2,23,33)(H,27,30)(H,28,35)(H,29,34)(H,31,32)(H4,24,25,26)/t15-,16-,17-/m0/s1. The second-order valence-electron chi connectivity index (χ2n) is 7.85. The summed E-state index contributed by atoms with van der Waals surface area (Å²) in [6, 6.07) is 5.47. The van der Waals surface area contributed by atoms with Gasteiger partial charge in [0.25, 0.3) is 0 Å². The Hall–Kier alpha value is -4.16. The highest BCUT2D eigenvalue weighted by atomic mass is 16.4. The molecule has 0 heterocycles. The Bertz CT molecular complexity index is 918. The normalized spacial score (nSPS) is 12.9. The summed E-state index contributed by atoms with van der Waals surface area (Å²) in [7, 11) is 0. The van der Waals surface area contributed by atoms with Gasteiger partial charge in [0.05, 0.1) is 0 Å². The second-order valence-corrected chi connectivity index (χ2v) is 7.85. The van der Waals surface area contributed by atoms with Crippen molar-refractivity contribution in [1.82, 2.24) is 16.0 Å². The molecule has 0 bridgehead atoms. The minimum atomic E-state index is -1.17. The number of nitrogens with zero attached hydrogens (tertiary/aromatic N) is 1. The Kier molecular flexibility index (Phi) is 12.3. The monoisotopic (exact) mass is 491 g/mol. The predicted octanol–water partition coefficient (Wildman–Crippen LogP) is -1.89. The SMILES string of the molecule is CC(=O)N[C@@H](CCC(=O)O)C(=O)N[C@@H](Cc1ccccc1)C(=O)N[C@@H](CCCN=C(N)N)C(N)=O. The number of aliphatic imine (C=N–C) groups is 1. The maximum Gasteiger partial charge on any atom is 0.303 e. The molecule has 0 saturated carbocycles. The van der Waals surface area contributed by atoms with Gasteiger partial charge in [-0.15, -0.1) is 0 Å². The number of hydrogen-bond acceptors (Lipinski definition) is 6. The van der Waals surface area contributed by atoms with Crippen LogP contribution in [0.25, 0.3) is 0 Å². The number of carboxylic acid groups (broad SMARTS) is 1. The molecule has 0 unspecified atom stereocenters. The lowest BCUT2D eigenvalue weighted by molar-refractivity contribution is -0.138. The van der Waals surface area contributed by atoms with E-state index < -0.39 is 47.7 Å². The van der Waals surface area contributed by atoms with E-state index in [0.717, 1.165) is 5.56 Å². The zero-order valence-electron chi connectivity index (χ0n) is 19.5. The molecule has 0 saturated heterocycles. The van der Waals surface area contributed by atoms with Crippen LogP contribution in [0.5, 0.6) is 0 Å². The Morgan fingerprint density at radius 3 is 2.03 bits per heavy atom. The Labute approximate surface area is 202 Å². The zero-order valence-corrected chi connectivity index (χ0v) is 19.5. The Morgan fingerprint density at radius 2 is 1.49 bits per heavy atom. The van der Waals surface area contributed by atoms with Crippen molar-refractivity contribution in [3.05, 3.63) is 35.9 Å². The van der Waals surface area contributed by atoms with Crippen LogP contribution in [0.4, 0.5) is 0 Å². The van der Waals surface area contributed by atoms with Gasteiger partial charge in [0.15, 0.2) is 5.96 Å². The van der Waals surface area contributed by atoms with Gasteiger partial charge in [-0.25, -0.2) is 0 Å². The molecule has 0 aliphatic carbocycles. The third-order valence-electron chi connectivity index (χ3n) is 4.86. The first-order valence-corrected chi connectivity index (χ1v) is 11.0. The molecule has 0 radical (unpaired) electrons. The molecule has 4 amide bonds. The first-order valence-electron chi connectivity index (χ1n) is 11.0. The molecule has 10 N–H and O–H groups in total. The fourth-order valence-corrected chi connectivity index (χ4v) is 3.17. The van der Waals surface area contributed by atoms with Crippen LogP contribution in [0, 0.1) is 0 Å². The Balaban J connectivity index is 3.02. The number of guanidine groups is 1. The third-order valence-corrected chi connectivity index (χ3v) is 4.86. The van der Waals surface area contributed by atoms with Gasteiger partial charge in [0, 0.05) is 26.3 Å². The summed E-state index contributed by atoms with van der Waals surface area (Å²) in [6.45, 7) is 1.42. The highest BCUT2D eigenvalue weighted by Gasteiger charge is 2.29. The van der Waals surface area contributed by atoms with Crippen molar-refractivity contribution in [3.63, 3.8) is 0 Å². The minimum Gasteiger partial charge on any atom is -0.481 e. The molecule has 3 atom stereocenters. The van der Waals surface area contributed by atoms with E-state index in [0.29, 0.717) is 6.42 Å². The average Bonchev–Trinajstić information content (AvgIpc) is 2.77. The quantitative estimate of drug-likeness (QED) is 0.0830. The van der Waals surface area contributed by atoms with E-state index in [-0.39, 0.29) is 38.2 Å². The van der Waals surface area contributed by atoms with Crippen LogP contribution >= 0.6 is 0 Å². The zero-order chi connectivity index (χ0) is 26.4. The number of amides is 4. The van der Waals surface area contributed by atoms with Crippen LogP contribution in [0.3, 0.4) is 0 Å². The van der Waals surface area contributed by atoms with Gasteiger partial charge in [-0.2, -0.15) is 0 Å². The first kappa shape index (κ1) is 28.9. The highest BCUT2D eigenvalue weighted by molar-refractivity contribution is 5.94. The molecule has 13 nitrogen and oxygen atoms in total. The highest BCUT2D eigenvalue weighted by Crippen LogP contribution is 2.07. The summed E-state index contributed by atoms with van der Waals surface area (Å²) in [5.41, 5.74) is 16.7. The third kappa shape index (κ3) is 12.0. The maximum atomic E-state index is 13.1. The van der Waals surface area contributed by atoms with E-state index in [2.05, 4.69) is 20.9 Å². The van der Waals surface area contributed by atoms with Crippen molar-refractivity contribution >= 4 is 35.6 Å². The lowest BCUT2D eigenvalue weighted by Crippen LogP contribution is -2.57. The van der Waals surface area contributed by atoms with Crippen molar-refractivity contribution in [2.45, 2.75) is 57.2 Å². The molecule has 0 aliphatic heterocycles. The number of carbonyl (C=O) groups excluding carboxylic acids is 4. The summed E-state index contributed by atoms with van der Waals surface area (Å²) in [4.78, 5) is 64.1. The molecule has 0 fully saturated rings. The largest absolute Gasteiger partial charge is 0.481 e. The second kappa shape index (κ2) is 14.9. The molecule has 1 aromatic carbocycles. The molecular formula is C22H33N7O6. The van der Waals surface area contributed by atoms with Crippen LogP contribution in [-0.4, -0.2) is 65.3 Å². The lowest BCUT2D eigenvalue weighted by Gasteiger charge is -2.24. The molecule has 13 heteroatoms. The minimum absolute atomic E-state index is 0.0730. The summed E-state index contributed by atoms with van der Waals surface area (Å²) in [5, 5.41) is 16.4.